The molecule has 60 valence electrons. The van der Waals surface area contributed by atoms with E-state index < -0.39 is 6.09 Å². The lowest BCUT2D eigenvalue weighted by Gasteiger charge is -2.07. The van der Waals surface area contributed by atoms with Gasteiger partial charge in [0.25, 0.3) is 0 Å². The minimum Gasteiger partial charge on any atom is -0.441 e. The zero-order valence-corrected chi connectivity index (χ0v) is 6.93. The molecule has 1 rings (SSSR count). The Morgan fingerprint density at radius 2 is 2.55 bits per heavy atom. The number of rotatable bonds is 2. The summed E-state index contributed by atoms with van der Waals surface area (Å²) in [6, 6.07) is 3.80. The van der Waals surface area contributed by atoms with E-state index in [4.69, 9.17) is 10.5 Å². The molecule has 4 heteroatoms. The predicted octanol–water partition coefficient (Wildman–Crippen LogP) is 1.90. The van der Waals surface area contributed by atoms with Gasteiger partial charge in [0, 0.05) is 4.88 Å². The van der Waals surface area contributed by atoms with Gasteiger partial charge in [-0.1, -0.05) is 6.07 Å². The number of nitrogens with two attached hydrogens (primary N) is 1. The number of primary amides is 1. The molecule has 0 unspecified atom stereocenters. The Bertz CT molecular complexity index is 233. The summed E-state index contributed by atoms with van der Waals surface area (Å²) in [5.74, 6) is 0. The van der Waals surface area contributed by atoms with E-state index in [0.717, 1.165) is 4.88 Å². The van der Waals surface area contributed by atoms with Crippen molar-refractivity contribution in [3.8, 4) is 0 Å². The van der Waals surface area contributed by atoms with Crippen LogP contribution in [0.3, 0.4) is 0 Å². The van der Waals surface area contributed by atoms with Gasteiger partial charge in [0.15, 0.2) is 0 Å². The number of amides is 1. The number of hydrogen-bond acceptors (Lipinski definition) is 3. The monoisotopic (exact) mass is 171 g/mol. The van der Waals surface area contributed by atoms with Gasteiger partial charge in [-0.25, -0.2) is 4.79 Å². The molecule has 0 aromatic carbocycles. The molecular weight excluding hydrogens is 162 g/mol. The quantitative estimate of drug-likeness (QED) is 0.738. The van der Waals surface area contributed by atoms with Crippen molar-refractivity contribution in [2.24, 2.45) is 5.73 Å². The first-order chi connectivity index (χ1) is 5.20. The molecule has 0 bridgehead atoms. The van der Waals surface area contributed by atoms with Gasteiger partial charge in [-0.15, -0.1) is 11.3 Å². The Kier molecular flexibility index (Phi) is 2.48. The van der Waals surface area contributed by atoms with Crippen molar-refractivity contribution >= 4 is 17.4 Å². The third kappa shape index (κ3) is 2.23. The van der Waals surface area contributed by atoms with Crippen molar-refractivity contribution in [2.75, 3.05) is 0 Å². The number of carbonyl (C=O) groups excluding carboxylic acids is 1. The average Bonchev–Trinajstić information content (AvgIpc) is 2.35. The molecular formula is C7H9NO2S. The van der Waals surface area contributed by atoms with Crippen molar-refractivity contribution in [2.45, 2.75) is 13.0 Å². The molecule has 1 aromatic heterocycles. The fourth-order valence-electron chi connectivity index (χ4n) is 0.755. The molecule has 1 heterocycles. The van der Waals surface area contributed by atoms with Gasteiger partial charge in [-0.05, 0) is 18.4 Å². The Hall–Kier alpha value is -1.03. The summed E-state index contributed by atoms with van der Waals surface area (Å²) < 4.78 is 4.74. The molecule has 1 atom stereocenters. The first-order valence-corrected chi connectivity index (χ1v) is 4.07. The summed E-state index contributed by atoms with van der Waals surface area (Å²) in [7, 11) is 0. The van der Waals surface area contributed by atoms with Crippen LogP contribution in [0, 0.1) is 0 Å². The predicted molar refractivity (Wildman–Crippen MR) is 43.4 cm³/mol. The fraction of sp³-hybridized carbons (Fsp3) is 0.286. The molecule has 0 saturated carbocycles. The highest BCUT2D eigenvalue weighted by molar-refractivity contribution is 7.10. The van der Waals surface area contributed by atoms with Gasteiger partial charge in [0.1, 0.15) is 6.10 Å². The van der Waals surface area contributed by atoms with E-state index in [1.165, 1.54) is 0 Å². The topological polar surface area (TPSA) is 52.3 Å². The van der Waals surface area contributed by atoms with Gasteiger partial charge in [0.05, 0.1) is 0 Å². The molecule has 1 amide bonds. The molecule has 0 fully saturated rings. The summed E-state index contributed by atoms with van der Waals surface area (Å²) in [4.78, 5) is 11.3. The van der Waals surface area contributed by atoms with Gasteiger partial charge in [-0.3, -0.25) is 0 Å². The fourth-order valence-corrected chi connectivity index (χ4v) is 1.47. The summed E-state index contributed by atoms with van der Waals surface area (Å²) in [5, 5.41) is 1.93. The van der Waals surface area contributed by atoms with E-state index in [0.29, 0.717) is 0 Å². The Morgan fingerprint density at radius 3 is 3.00 bits per heavy atom. The maximum absolute atomic E-state index is 10.3. The van der Waals surface area contributed by atoms with E-state index in [9.17, 15) is 4.79 Å². The lowest BCUT2D eigenvalue weighted by atomic mass is 10.3. The van der Waals surface area contributed by atoms with E-state index >= 15 is 0 Å². The molecule has 0 aliphatic rings. The van der Waals surface area contributed by atoms with Crippen LogP contribution in [0.25, 0.3) is 0 Å². The maximum atomic E-state index is 10.3. The molecule has 3 nitrogen and oxygen atoms in total. The number of ether oxygens (including phenoxy) is 1. The Balaban J connectivity index is 2.56. The first kappa shape index (κ1) is 8.07. The van der Waals surface area contributed by atoms with Crippen LogP contribution >= 0.6 is 11.3 Å². The highest BCUT2D eigenvalue weighted by Crippen LogP contribution is 2.21. The van der Waals surface area contributed by atoms with E-state index in [1.807, 2.05) is 17.5 Å². The SMILES string of the molecule is C[C@H](OC(N)=O)c1cccs1. The van der Waals surface area contributed by atoms with E-state index in [2.05, 4.69) is 0 Å². The molecule has 0 saturated heterocycles. The molecule has 2 N–H and O–H groups in total. The Morgan fingerprint density at radius 1 is 1.82 bits per heavy atom. The average molecular weight is 171 g/mol. The summed E-state index contributed by atoms with van der Waals surface area (Å²) >= 11 is 1.54. The summed E-state index contributed by atoms with van der Waals surface area (Å²) in [6.07, 6.45) is -0.960. The number of hydrogen-bond donors (Lipinski definition) is 1. The maximum Gasteiger partial charge on any atom is 0.405 e. The zero-order valence-electron chi connectivity index (χ0n) is 6.11. The smallest absolute Gasteiger partial charge is 0.405 e. The molecule has 0 spiro atoms. The standard InChI is InChI=1S/C7H9NO2S/c1-5(10-7(8)9)6-3-2-4-11-6/h2-5H,1H3,(H2,8,9)/t5-/m0/s1. The van der Waals surface area contributed by atoms with Crippen LogP contribution in [0.2, 0.25) is 0 Å². The second kappa shape index (κ2) is 3.39. The van der Waals surface area contributed by atoms with Gasteiger partial charge in [0.2, 0.25) is 0 Å². The van der Waals surface area contributed by atoms with Gasteiger partial charge < -0.3 is 10.5 Å². The zero-order chi connectivity index (χ0) is 8.27. The van der Waals surface area contributed by atoms with Crippen LogP contribution in [0.4, 0.5) is 4.79 Å². The lowest BCUT2D eigenvalue weighted by molar-refractivity contribution is 0.118. The van der Waals surface area contributed by atoms with Gasteiger partial charge in [-0.2, -0.15) is 0 Å². The molecule has 11 heavy (non-hydrogen) atoms. The third-order valence-corrected chi connectivity index (χ3v) is 2.27. The van der Waals surface area contributed by atoms with Crippen LogP contribution in [0.5, 0.6) is 0 Å². The van der Waals surface area contributed by atoms with Crippen LogP contribution in [0.1, 0.15) is 17.9 Å². The first-order valence-electron chi connectivity index (χ1n) is 3.19. The second-order valence-electron chi connectivity index (χ2n) is 2.09. The Labute approximate surface area is 68.8 Å². The highest BCUT2D eigenvalue weighted by Gasteiger charge is 2.08. The van der Waals surface area contributed by atoms with Crippen LogP contribution in [-0.2, 0) is 4.74 Å². The van der Waals surface area contributed by atoms with Crippen molar-refractivity contribution in [3.63, 3.8) is 0 Å². The number of carbonyl (C=O) groups is 1. The van der Waals surface area contributed by atoms with Crippen molar-refractivity contribution in [3.05, 3.63) is 22.4 Å². The number of thiophene rings is 1. The lowest BCUT2D eigenvalue weighted by Crippen LogP contribution is -2.14. The second-order valence-corrected chi connectivity index (χ2v) is 3.07. The van der Waals surface area contributed by atoms with E-state index in [-0.39, 0.29) is 6.10 Å². The minimum absolute atomic E-state index is 0.229. The van der Waals surface area contributed by atoms with Gasteiger partial charge >= 0.3 is 6.09 Å². The van der Waals surface area contributed by atoms with Crippen molar-refractivity contribution < 1.29 is 9.53 Å². The van der Waals surface area contributed by atoms with E-state index in [1.54, 1.807) is 18.3 Å². The highest BCUT2D eigenvalue weighted by atomic mass is 32.1. The van der Waals surface area contributed by atoms with Crippen molar-refractivity contribution in [1.82, 2.24) is 0 Å². The third-order valence-electron chi connectivity index (χ3n) is 1.24. The molecule has 1 aromatic rings. The molecule has 0 aliphatic heterocycles. The van der Waals surface area contributed by atoms with Crippen molar-refractivity contribution in [1.29, 1.82) is 0 Å². The summed E-state index contributed by atoms with van der Waals surface area (Å²) in [5.41, 5.74) is 4.84. The van der Waals surface area contributed by atoms with Crippen LogP contribution < -0.4 is 5.73 Å². The van der Waals surface area contributed by atoms with Crippen LogP contribution in [-0.4, -0.2) is 6.09 Å². The minimum atomic E-state index is -0.731. The molecule has 0 aliphatic carbocycles. The largest absolute Gasteiger partial charge is 0.441 e. The normalized spacial score (nSPS) is 12.5. The van der Waals surface area contributed by atoms with Crippen LogP contribution in [0.15, 0.2) is 17.5 Å². The molecule has 0 radical (unpaired) electrons. The summed E-state index contributed by atoms with van der Waals surface area (Å²) in [6.45, 7) is 1.79.